The van der Waals surface area contributed by atoms with E-state index in [0.29, 0.717) is 11.8 Å². The SMILES string of the molecule is CC(O)C(NC(=O)NCC1CCCS1)C(=O)O. The lowest BCUT2D eigenvalue weighted by Gasteiger charge is -2.18. The highest BCUT2D eigenvalue weighted by Crippen LogP contribution is 2.25. The van der Waals surface area contributed by atoms with Crippen molar-refractivity contribution in [2.45, 2.75) is 37.2 Å². The quantitative estimate of drug-likeness (QED) is 0.559. The fourth-order valence-corrected chi connectivity index (χ4v) is 2.79. The van der Waals surface area contributed by atoms with Crippen molar-refractivity contribution >= 4 is 23.8 Å². The zero-order valence-corrected chi connectivity index (χ0v) is 10.5. The lowest BCUT2D eigenvalue weighted by molar-refractivity contribution is -0.141. The first-order valence-electron chi connectivity index (χ1n) is 5.57. The third-order valence-corrected chi connectivity index (χ3v) is 3.95. The lowest BCUT2D eigenvalue weighted by Crippen LogP contribution is -2.51. The largest absolute Gasteiger partial charge is 0.480 e. The fraction of sp³-hybridized carbons (Fsp3) is 0.800. The first-order valence-corrected chi connectivity index (χ1v) is 6.62. The zero-order chi connectivity index (χ0) is 12.8. The topological polar surface area (TPSA) is 98.7 Å². The Kier molecular flexibility index (Phi) is 5.57. The van der Waals surface area contributed by atoms with Crippen LogP contribution in [0, 0.1) is 0 Å². The number of hydrogen-bond donors (Lipinski definition) is 4. The molecular weight excluding hydrogens is 244 g/mol. The molecule has 0 radical (unpaired) electrons. The summed E-state index contributed by atoms with van der Waals surface area (Å²) in [6.07, 6.45) is 1.10. The molecule has 3 unspecified atom stereocenters. The minimum Gasteiger partial charge on any atom is -0.480 e. The second-order valence-electron chi connectivity index (χ2n) is 4.05. The van der Waals surface area contributed by atoms with E-state index in [-0.39, 0.29) is 0 Å². The normalized spacial score (nSPS) is 22.8. The van der Waals surface area contributed by atoms with Crippen LogP contribution in [-0.2, 0) is 4.79 Å². The van der Waals surface area contributed by atoms with E-state index in [9.17, 15) is 14.7 Å². The highest BCUT2D eigenvalue weighted by molar-refractivity contribution is 8.00. The molecule has 0 spiro atoms. The molecule has 0 saturated carbocycles. The summed E-state index contributed by atoms with van der Waals surface area (Å²) < 4.78 is 0. The molecule has 1 aliphatic rings. The maximum absolute atomic E-state index is 11.4. The number of aliphatic hydroxyl groups is 1. The predicted octanol–water partition coefficient (Wildman–Crippen LogP) is 0.0152. The average molecular weight is 262 g/mol. The van der Waals surface area contributed by atoms with Crippen molar-refractivity contribution in [2.24, 2.45) is 0 Å². The number of amides is 2. The number of aliphatic hydroxyl groups excluding tert-OH is 1. The standard InChI is InChI=1S/C10H18N2O4S/c1-6(13)8(9(14)15)12-10(16)11-5-7-3-2-4-17-7/h6-8,13H,2-5H2,1H3,(H,14,15)(H2,11,12,16). The van der Waals surface area contributed by atoms with Crippen molar-refractivity contribution in [3.8, 4) is 0 Å². The van der Waals surface area contributed by atoms with Crippen LogP contribution in [0.15, 0.2) is 0 Å². The summed E-state index contributed by atoms with van der Waals surface area (Å²) in [5.74, 6) is -0.135. The van der Waals surface area contributed by atoms with Gasteiger partial charge in [0.25, 0.3) is 0 Å². The summed E-state index contributed by atoms with van der Waals surface area (Å²) in [4.78, 5) is 22.1. The fourth-order valence-electron chi connectivity index (χ4n) is 1.59. The maximum atomic E-state index is 11.4. The number of carboxylic acid groups (broad SMARTS) is 1. The Morgan fingerprint density at radius 1 is 1.53 bits per heavy atom. The van der Waals surface area contributed by atoms with Crippen LogP contribution >= 0.6 is 11.8 Å². The van der Waals surface area contributed by atoms with Crippen molar-refractivity contribution in [3.05, 3.63) is 0 Å². The van der Waals surface area contributed by atoms with Gasteiger partial charge in [-0.1, -0.05) is 0 Å². The first kappa shape index (κ1) is 14.1. The molecule has 1 aliphatic heterocycles. The molecule has 1 fully saturated rings. The van der Waals surface area contributed by atoms with Gasteiger partial charge >= 0.3 is 12.0 Å². The molecule has 0 aromatic rings. The number of hydrogen-bond acceptors (Lipinski definition) is 4. The van der Waals surface area contributed by atoms with Gasteiger partial charge in [-0.15, -0.1) is 0 Å². The molecule has 7 heteroatoms. The van der Waals surface area contributed by atoms with Crippen molar-refractivity contribution in [2.75, 3.05) is 12.3 Å². The molecule has 2 amide bonds. The number of rotatable bonds is 5. The van der Waals surface area contributed by atoms with Crippen LogP contribution in [0.25, 0.3) is 0 Å². The molecule has 3 atom stereocenters. The number of nitrogens with one attached hydrogen (secondary N) is 2. The summed E-state index contributed by atoms with van der Waals surface area (Å²) in [7, 11) is 0. The summed E-state index contributed by atoms with van der Waals surface area (Å²) in [5.41, 5.74) is 0. The van der Waals surface area contributed by atoms with E-state index in [1.54, 1.807) is 0 Å². The van der Waals surface area contributed by atoms with Crippen molar-refractivity contribution in [1.82, 2.24) is 10.6 Å². The Morgan fingerprint density at radius 2 is 2.24 bits per heavy atom. The molecule has 0 aromatic heterocycles. The van der Waals surface area contributed by atoms with Gasteiger partial charge in [-0.05, 0) is 25.5 Å². The van der Waals surface area contributed by atoms with Gasteiger partial charge in [0.05, 0.1) is 6.10 Å². The number of carbonyl (C=O) groups excluding carboxylic acids is 1. The van der Waals surface area contributed by atoms with Gasteiger partial charge in [-0.3, -0.25) is 0 Å². The average Bonchev–Trinajstić information content (AvgIpc) is 2.74. The van der Waals surface area contributed by atoms with E-state index in [1.807, 2.05) is 11.8 Å². The van der Waals surface area contributed by atoms with Gasteiger partial charge < -0.3 is 20.8 Å². The smallest absolute Gasteiger partial charge is 0.328 e. The highest BCUT2D eigenvalue weighted by Gasteiger charge is 2.25. The molecule has 17 heavy (non-hydrogen) atoms. The summed E-state index contributed by atoms with van der Waals surface area (Å²) in [6, 6.07) is -1.82. The molecule has 0 aromatic carbocycles. The Morgan fingerprint density at radius 3 is 2.71 bits per heavy atom. The third-order valence-electron chi connectivity index (χ3n) is 2.55. The van der Waals surface area contributed by atoms with Crippen LogP contribution < -0.4 is 10.6 Å². The minimum absolute atomic E-state index is 0.413. The second-order valence-corrected chi connectivity index (χ2v) is 5.45. The Balaban J connectivity index is 2.29. The molecule has 6 nitrogen and oxygen atoms in total. The molecule has 1 rings (SSSR count). The minimum atomic E-state index is -1.27. The first-order chi connectivity index (χ1) is 8.00. The lowest BCUT2D eigenvalue weighted by atomic mass is 10.2. The van der Waals surface area contributed by atoms with Crippen molar-refractivity contribution in [1.29, 1.82) is 0 Å². The van der Waals surface area contributed by atoms with E-state index < -0.39 is 24.1 Å². The van der Waals surface area contributed by atoms with Gasteiger partial charge in [0.1, 0.15) is 0 Å². The van der Waals surface area contributed by atoms with E-state index in [4.69, 9.17) is 5.11 Å². The molecule has 0 aliphatic carbocycles. The van der Waals surface area contributed by atoms with Crippen molar-refractivity contribution < 1.29 is 19.8 Å². The number of thioether (sulfide) groups is 1. The van der Waals surface area contributed by atoms with Gasteiger partial charge in [0.15, 0.2) is 6.04 Å². The Labute approximate surface area is 104 Å². The van der Waals surface area contributed by atoms with Gasteiger partial charge in [0.2, 0.25) is 0 Å². The number of carbonyl (C=O) groups is 2. The molecular formula is C10H18N2O4S. The van der Waals surface area contributed by atoms with E-state index >= 15 is 0 Å². The second kappa shape index (κ2) is 6.70. The van der Waals surface area contributed by atoms with Crippen LogP contribution in [0.5, 0.6) is 0 Å². The Hall–Kier alpha value is -0.950. The summed E-state index contributed by atoms with van der Waals surface area (Å²) in [5, 5.41) is 23.2. The van der Waals surface area contributed by atoms with Crippen LogP contribution in [0.3, 0.4) is 0 Å². The monoisotopic (exact) mass is 262 g/mol. The third kappa shape index (κ3) is 4.82. The van der Waals surface area contributed by atoms with E-state index in [0.717, 1.165) is 18.6 Å². The molecule has 1 saturated heterocycles. The molecule has 0 bridgehead atoms. The molecule has 98 valence electrons. The van der Waals surface area contributed by atoms with Gasteiger partial charge in [-0.25, -0.2) is 9.59 Å². The molecule has 1 heterocycles. The zero-order valence-electron chi connectivity index (χ0n) is 9.68. The van der Waals surface area contributed by atoms with Crippen molar-refractivity contribution in [3.63, 3.8) is 0 Å². The van der Waals surface area contributed by atoms with Crippen LogP contribution in [0.1, 0.15) is 19.8 Å². The van der Waals surface area contributed by atoms with E-state index in [2.05, 4.69) is 10.6 Å². The molecule has 4 N–H and O–H groups in total. The summed E-state index contributed by atoms with van der Waals surface area (Å²) >= 11 is 1.81. The number of aliphatic carboxylic acids is 1. The predicted molar refractivity (Wildman–Crippen MR) is 65.1 cm³/mol. The van der Waals surface area contributed by atoms with Crippen LogP contribution in [0.2, 0.25) is 0 Å². The van der Waals surface area contributed by atoms with Crippen LogP contribution in [0.4, 0.5) is 4.79 Å². The summed E-state index contributed by atoms with van der Waals surface area (Å²) in [6.45, 7) is 1.86. The Bertz CT molecular complexity index is 279. The van der Waals surface area contributed by atoms with Crippen LogP contribution in [-0.4, -0.2) is 51.9 Å². The van der Waals surface area contributed by atoms with Gasteiger partial charge in [0, 0.05) is 11.8 Å². The van der Waals surface area contributed by atoms with E-state index in [1.165, 1.54) is 6.92 Å². The number of carboxylic acids is 1. The highest BCUT2D eigenvalue weighted by atomic mass is 32.2. The van der Waals surface area contributed by atoms with Gasteiger partial charge in [-0.2, -0.15) is 11.8 Å². The number of urea groups is 1. The maximum Gasteiger partial charge on any atom is 0.328 e.